The maximum atomic E-state index is 12.0. The van der Waals surface area contributed by atoms with Crippen LogP contribution >= 0.6 is 0 Å². The van der Waals surface area contributed by atoms with Crippen LogP contribution in [0.25, 0.3) is 0 Å². The lowest BCUT2D eigenvalue weighted by molar-refractivity contribution is 0.0931. The summed E-state index contributed by atoms with van der Waals surface area (Å²) in [4.78, 5) is 12.0. The van der Waals surface area contributed by atoms with Crippen LogP contribution in [0.2, 0.25) is 0 Å². The first-order valence-corrected chi connectivity index (χ1v) is 7.20. The first-order valence-electron chi connectivity index (χ1n) is 7.20. The molecule has 0 aliphatic carbocycles. The summed E-state index contributed by atoms with van der Waals surface area (Å²) in [6.07, 6.45) is 1.02. The van der Waals surface area contributed by atoms with Crippen molar-refractivity contribution in [1.82, 2.24) is 15.5 Å². The molecule has 1 rings (SSSR count). The van der Waals surface area contributed by atoms with Gasteiger partial charge < -0.3 is 10.6 Å². The van der Waals surface area contributed by atoms with Gasteiger partial charge in [-0.3, -0.25) is 4.79 Å². The molecule has 5 nitrogen and oxygen atoms in total. The molecule has 0 radical (unpaired) electrons. The van der Waals surface area contributed by atoms with Crippen molar-refractivity contribution in [3.63, 3.8) is 0 Å². The SMILES string of the molecule is CCCNc1ccc(C(=O)NCC(C)C(C)(C)C)nn1. The Morgan fingerprint density at radius 2 is 2.00 bits per heavy atom. The van der Waals surface area contributed by atoms with E-state index in [9.17, 15) is 4.79 Å². The molecule has 0 aromatic carbocycles. The average molecular weight is 278 g/mol. The van der Waals surface area contributed by atoms with Gasteiger partial charge in [-0.05, 0) is 29.9 Å². The summed E-state index contributed by atoms with van der Waals surface area (Å²) in [6.45, 7) is 12.2. The van der Waals surface area contributed by atoms with Gasteiger partial charge in [0, 0.05) is 13.1 Å². The molecule has 1 amide bonds. The quantitative estimate of drug-likeness (QED) is 0.839. The molecule has 5 heteroatoms. The van der Waals surface area contributed by atoms with E-state index in [0.29, 0.717) is 24.0 Å². The predicted molar refractivity (Wildman–Crippen MR) is 81.8 cm³/mol. The van der Waals surface area contributed by atoms with Crippen LogP contribution in [0.3, 0.4) is 0 Å². The maximum absolute atomic E-state index is 12.0. The fourth-order valence-electron chi connectivity index (χ4n) is 1.44. The molecule has 0 aliphatic rings. The van der Waals surface area contributed by atoms with Crippen LogP contribution in [0.5, 0.6) is 0 Å². The van der Waals surface area contributed by atoms with Crippen LogP contribution < -0.4 is 10.6 Å². The van der Waals surface area contributed by atoms with E-state index in [2.05, 4.69) is 55.4 Å². The molecular weight excluding hydrogens is 252 g/mol. The minimum absolute atomic E-state index is 0.171. The van der Waals surface area contributed by atoms with Gasteiger partial charge in [0.05, 0.1) is 0 Å². The van der Waals surface area contributed by atoms with E-state index in [-0.39, 0.29) is 11.3 Å². The Morgan fingerprint density at radius 3 is 2.50 bits per heavy atom. The molecule has 0 fully saturated rings. The third kappa shape index (κ3) is 5.15. The minimum atomic E-state index is -0.171. The molecule has 1 heterocycles. The van der Waals surface area contributed by atoms with Gasteiger partial charge in [0.1, 0.15) is 5.82 Å². The van der Waals surface area contributed by atoms with Crippen molar-refractivity contribution in [3.8, 4) is 0 Å². The summed E-state index contributed by atoms with van der Waals surface area (Å²) in [6, 6.07) is 3.48. The van der Waals surface area contributed by atoms with Crippen molar-refractivity contribution >= 4 is 11.7 Å². The molecule has 20 heavy (non-hydrogen) atoms. The first-order chi connectivity index (χ1) is 9.34. The number of carbonyl (C=O) groups excluding carboxylic acids is 1. The van der Waals surface area contributed by atoms with Crippen molar-refractivity contribution in [1.29, 1.82) is 0 Å². The van der Waals surface area contributed by atoms with Crippen molar-refractivity contribution in [3.05, 3.63) is 17.8 Å². The number of anilines is 1. The molecule has 0 saturated carbocycles. The molecule has 1 atom stereocenters. The maximum Gasteiger partial charge on any atom is 0.271 e. The number of carbonyl (C=O) groups is 1. The lowest BCUT2D eigenvalue weighted by atomic mass is 9.82. The van der Waals surface area contributed by atoms with Gasteiger partial charge in [-0.1, -0.05) is 34.6 Å². The predicted octanol–water partition coefficient (Wildman–Crippen LogP) is 2.71. The Hall–Kier alpha value is -1.65. The van der Waals surface area contributed by atoms with Crippen LogP contribution in [-0.4, -0.2) is 29.2 Å². The number of nitrogens with one attached hydrogen (secondary N) is 2. The number of amides is 1. The Kier molecular flexibility index (Phi) is 5.92. The monoisotopic (exact) mass is 278 g/mol. The topological polar surface area (TPSA) is 66.9 Å². The molecule has 0 aliphatic heterocycles. The lowest BCUT2D eigenvalue weighted by Gasteiger charge is -2.27. The highest BCUT2D eigenvalue weighted by Gasteiger charge is 2.20. The van der Waals surface area contributed by atoms with E-state index < -0.39 is 0 Å². The summed E-state index contributed by atoms with van der Waals surface area (Å²) in [7, 11) is 0. The van der Waals surface area contributed by atoms with Gasteiger partial charge in [-0.2, -0.15) is 0 Å². The fraction of sp³-hybridized carbons (Fsp3) is 0.667. The number of hydrogen-bond donors (Lipinski definition) is 2. The highest BCUT2D eigenvalue weighted by atomic mass is 16.1. The molecule has 1 aromatic heterocycles. The van der Waals surface area contributed by atoms with Crippen LogP contribution in [0.1, 0.15) is 51.5 Å². The minimum Gasteiger partial charge on any atom is -0.369 e. The summed E-state index contributed by atoms with van der Waals surface area (Å²) in [5.41, 5.74) is 0.528. The van der Waals surface area contributed by atoms with E-state index >= 15 is 0 Å². The van der Waals surface area contributed by atoms with E-state index in [0.717, 1.165) is 13.0 Å². The van der Waals surface area contributed by atoms with E-state index in [1.165, 1.54) is 0 Å². The summed E-state index contributed by atoms with van der Waals surface area (Å²) >= 11 is 0. The van der Waals surface area contributed by atoms with Gasteiger partial charge in [0.25, 0.3) is 5.91 Å². The fourth-order valence-corrected chi connectivity index (χ4v) is 1.44. The second-order valence-corrected chi connectivity index (χ2v) is 6.21. The molecule has 1 aromatic rings. The highest BCUT2D eigenvalue weighted by Crippen LogP contribution is 2.24. The third-order valence-corrected chi connectivity index (χ3v) is 3.50. The molecule has 1 unspecified atom stereocenters. The van der Waals surface area contributed by atoms with E-state index in [1.54, 1.807) is 12.1 Å². The molecule has 0 spiro atoms. The summed E-state index contributed by atoms with van der Waals surface area (Å²) < 4.78 is 0. The first kappa shape index (κ1) is 16.4. The number of nitrogens with zero attached hydrogens (tertiary/aromatic N) is 2. The van der Waals surface area contributed by atoms with Gasteiger partial charge in [-0.15, -0.1) is 10.2 Å². The number of rotatable bonds is 6. The van der Waals surface area contributed by atoms with E-state index in [1.807, 2.05) is 0 Å². The van der Waals surface area contributed by atoms with Gasteiger partial charge in [-0.25, -0.2) is 0 Å². The Labute approximate surface area is 121 Å². The third-order valence-electron chi connectivity index (χ3n) is 3.50. The molecule has 112 valence electrons. The van der Waals surface area contributed by atoms with Crippen molar-refractivity contribution in [2.75, 3.05) is 18.4 Å². The van der Waals surface area contributed by atoms with Crippen LogP contribution in [-0.2, 0) is 0 Å². The largest absolute Gasteiger partial charge is 0.369 e. The Balaban J connectivity index is 2.51. The standard InChI is InChI=1S/C15H26N4O/c1-6-9-16-13-8-7-12(18-19-13)14(20)17-10-11(2)15(3,4)5/h7-8,11H,6,9-10H2,1-5H3,(H,16,19)(H,17,20). The van der Waals surface area contributed by atoms with E-state index in [4.69, 9.17) is 0 Å². The second-order valence-electron chi connectivity index (χ2n) is 6.21. The van der Waals surface area contributed by atoms with Gasteiger partial charge in [0.2, 0.25) is 0 Å². The molecule has 0 saturated heterocycles. The second kappa shape index (κ2) is 7.22. The molecular formula is C15H26N4O. The normalized spacial score (nSPS) is 12.8. The highest BCUT2D eigenvalue weighted by molar-refractivity contribution is 5.92. The lowest BCUT2D eigenvalue weighted by Crippen LogP contribution is -2.34. The average Bonchev–Trinajstić information content (AvgIpc) is 2.41. The van der Waals surface area contributed by atoms with Crippen LogP contribution in [0.15, 0.2) is 12.1 Å². The summed E-state index contributed by atoms with van der Waals surface area (Å²) in [5.74, 6) is 0.923. The van der Waals surface area contributed by atoms with Crippen LogP contribution in [0.4, 0.5) is 5.82 Å². The van der Waals surface area contributed by atoms with Crippen molar-refractivity contribution in [2.45, 2.75) is 41.0 Å². The van der Waals surface area contributed by atoms with Crippen molar-refractivity contribution < 1.29 is 4.79 Å². The van der Waals surface area contributed by atoms with Crippen LogP contribution in [0, 0.1) is 11.3 Å². The van der Waals surface area contributed by atoms with Gasteiger partial charge in [0.15, 0.2) is 5.69 Å². The smallest absolute Gasteiger partial charge is 0.271 e. The molecule has 2 N–H and O–H groups in total. The zero-order chi connectivity index (χ0) is 15.2. The molecule has 0 bridgehead atoms. The van der Waals surface area contributed by atoms with Crippen molar-refractivity contribution in [2.24, 2.45) is 11.3 Å². The van der Waals surface area contributed by atoms with Gasteiger partial charge >= 0.3 is 0 Å². The Morgan fingerprint density at radius 1 is 1.30 bits per heavy atom. The Bertz CT molecular complexity index is 422. The summed E-state index contributed by atoms with van der Waals surface area (Å²) in [5, 5.41) is 14.0. The number of aromatic nitrogens is 2. The zero-order valence-corrected chi connectivity index (χ0v) is 13.2. The zero-order valence-electron chi connectivity index (χ0n) is 13.2. The number of hydrogen-bond acceptors (Lipinski definition) is 4.